The molecular formula is C4H8OS24. The Hall–Kier alpha value is 4.95. The summed E-state index contributed by atoms with van der Waals surface area (Å²) in [5.74, 6) is 0.204. The molecule has 0 radical (unpaired) electrons. The molecule has 0 aliphatic heterocycles. The molecule has 1 nitrogen and oxygen atoms in total. The van der Waals surface area contributed by atoms with Crippen LogP contribution in [-0.2, 0) is 223 Å². The second-order valence-electron chi connectivity index (χ2n) is 2.88. The third-order valence-corrected chi connectivity index (χ3v) is 47.5. The quantitative estimate of drug-likeness (QED) is 0.364. The third-order valence-electron chi connectivity index (χ3n) is 0.855. The van der Waals surface area contributed by atoms with Crippen LogP contribution < -0.4 is 0 Å². The maximum Gasteiger partial charge on any atom is 0.122 e. The fourth-order valence-electron chi connectivity index (χ4n) is 0.227. The van der Waals surface area contributed by atoms with Crippen LogP contribution in [0.15, 0.2) is 0 Å². The van der Waals surface area contributed by atoms with Crippen molar-refractivity contribution < 1.29 is 4.79 Å². The zero-order chi connectivity index (χ0) is 21.8. The SMILES string of the molecule is CC(C)C=O.S=S=S=S=S=S=S=S=S=S=S=S=S=S=S=S=S=S=S=S=S=S=S=S. The first kappa shape index (κ1) is 36.1. The zero-order valence-electron chi connectivity index (χ0n) is 13.4. The van der Waals surface area contributed by atoms with Gasteiger partial charge >= 0.3 is 0 Å². The first-order valence-corrected chi connectivity index (χ1v) is 36.2. The Balaban J connectivity index is 0. The van der Waals surface area contributed by atoms with Gasteiger partial charge in [0.15, 0.2) is 0 Å². The second-order valence-corrected chi connectivity index (χ2v) is 41.8. The van der Waals surface area contributed by atoms with Crippen LogP contribution in [0.4, 0.5) is 0 Å². The van der Waals surface area contributed by atoms with Crippen molar-refractivity contribution in [3.05, 3.63) is 0 Å². The molecule has 0 aliphatic carbocycles. The Morgan fingerprint density at radius 2 is 0.586 bits per heavy atom. The molecule has 0 rings (SSSR count). The maximum absolute atomic E-state index is 9.50. The van der Waals surface area contributed by atoms with E-state index in [-0.39, 0.29) is 5.92 Å². The molecule has 0 atom stereocenters. The minimum absolute atomic E-state index is 0.204. The Morgan fingerprint density at radius 3 is 0.690 bits per heavy atom. The van der Waals surface area contributed by atoms with Gasteiger partial charge in [0.1, 0.15) is 6.29 Å². The minimum atomic E-state index is 0.204. The van der Waals surface area contributed by atoms with Crippen LogP contribution in [0.25, 0.3) is 0 Å². The van der Waals surface area contributed by atoms with Crippen LogP contribution in [-0.4, -0.2) is 6.29 Å². The van der Waals surface area contributed by atoms with Crippen molar-refractivity contribution in [1.82, 2.24) is 0 Å². The summed E-state index contributed by atoms with van der Waals surface area (Å²) < 4.78 is 0. The van der Waals surface area contributed by atoms with Crippen LogP contribution in [0, 0.1) is 5.92 Å². The van der Waals surface area contributed by atoms with Crippen LogP contribution in [0.3, 0.4) is 0 Å². The second kappa shape index (κ2) is 35.1. The predicted molar refractivity (Wildman–Crippen MR) is 198 cm³/mol. The van der Waals surface area contributed by atoms with Crippen LogP contribution in [0.2, 0.25) is 0 Å². The molecule has 0 saturated carbocycles. The van der Waals surface area contributed by atoms with E-state index in [0.29, 0.717) is 0 Å². The lowest BCUT2D eigenvalue weighted by Gasteiger charge is -1.78. The molecule has 0 aromatic heterocycles. The lowest BCUT2D eigenvalue weighted by molar-refractivity contribution is -0.110. The highest BCUT2D eigenvalue weighted by molar-refractivity contribution is 8.79. The van der Waals surface area contributed by atoms with Gasteiger partial charge in [-0.15, -0.1) is 0 Å². The Bertz CT molecular complexity index is 1340. The van der Waals surface area contributed by atoms with Crippen molar-refractivity contribution in [3.63, 3.8) is 0 Å². The highest BCUT2D eigenvalue weighted by atomic mass is 33.5. The van der Waals surface area contributed by atoms with Gasteiger partial charge in [-0.25, -0.2) is 0 Å². The number of carbonyl (C=O) groups is 1. The lowest BCUT2D eigenvalue weighted by atomic mass is 10.3. The normalized spacial score (nSPS) is 7.69. The monoisotopic (exact) mass is 839 g/mol. The highest BCUT2D eigenvalue weighted by Gasteiger charge is 1.79. The molecule has 25 heteroatoms. The molecule has 0 heterocycles. The van der Waals surface area contributed by atoms with E-state index in [9.17, 15) is 4.79 Å². The highest BCUT2D eigenvalue weighted by Crippen LogP contribution is 1.78. The molecule has 0 spiro atoms. The van der Waals surface area contributed by atoms with E-state index in [1.807, 2.05) is 49.4 Å². The fourth-order valence-corrected chi connectivity index (χ4v) is 55.1. The average molecular weight is 842 g/mol. The number of hydrogen-bond donors (Lipinski definition) is 0. The van der Waals surface area contributed by atoms with E-state index >= 15 is 0 Å². The summed E-state index contributed by atoms with van der Waals surface area (Å²) >= 11 is 9.54. The van der Waals surface area contributed by atoms with Gasteiger partial charge in [-0.1, -0.05) is 13.8 Å². The topological polar surface area (TPSA) is 17.1 Å². The van der Waals surface area contributed by atoms with Gasteiger partial charge in [0.25, 0.3) is 0 Å². The molecule has 0 saturated heterocycles. The minimum Gasteiger partial charge on any atom is -0.303 e. The van der Waals surface area contributed by atoms with Crippen molar-refractivity contribution >= 4 is 224 Å². The van der Waals surface area contributed by atoms with Crippen molar-refractivity contribution in [1.29, 1.82) is 0 Å². The van der Waals surface area contributed by atoms with Gasteiger partial charge in [-0.2, -0.15) is 0 Å². The van der Waals surface area contributed by atoms with E-state index in [0.717, 1.165) is 6.29 Å². The summed E-state index contributed by atoms with van der Waals surface area (Å²) in [6, 6.07) is 0. The summed E-state index contributed by atoms with van der Waals surface area (Å²) in [6.45, 7) is 3.71. The van der Waals surface area contributed by atoms with Crippen LogP contribution in [0.5, 0.6) is 0 Å². The predicted octanol–water partition coefficient (Wildman–Crippen LogP) is 0.784. The first-order valence-electron chi connectivity index (χ1n) is 5.56. The molecule has 29 heavy (non-hydrogen) atoms. The summed E-state index contributed by atoms with van der Waals surface area (Å²) in [5.41, 5.74) is 0. The van der Waals surface area contributed by atoms with Gasteiger partial charge in [-0.3, -0.25) is 0 Å². The van der Waals surface area contributed by atoms with E-state index < -0.39 is 0 Å². The maximum atomic E-state index is 9.50. The smallest absolute Gasteiger partial charge is 0.122 e. The van der Waals surface area contributed by atoms with Crippen molar-refractivity contribution in [3.8, 4) is 0 Å². The van der Waals surface area contributed by atoms with Gasteiger partial charge in [-0.05, 0) is 0 Å². The van der Waals surface area contributed by atoms with Crippen molar-refractivity contribution in [2.24, 2.45) is 5.92 Å². The molecule has 174 valence electrons. The molecule has 0 aliphatic rings. The molecular weight excluding hydrogens is 834 g/mol. The van der Waals surface area contributed by atoms with Gasteiger partial charge in [0.2, 0.25) is 0 Å². The molecule has 0 unspecified atom stereocenters. The first-order chi connectivity index (χ1) is 14.2. The average Bonchev–Trinajstić information content (AvgIpc) is 2.72. The Morgan fingerprint density at radius 1 is 0.448 bits per heavy atom. The van der Waals surface area contributed by atoms with E-state index in [4.69, 9.17) is 22.4 Å². The van der Waals surface area contributed by atoms with E-state index in [2.05, 4.69) is 0 Å². The van der Waals surface area contributed by atoms with E-state index in [1.165, 1.54) is 17.8 Å². The largest absolute Gasteiger partial charge is 0.303 e. The standard InChI is InChI=1S/C4H8O.S24/c1-4(2)3-5;1-3-5-7-9-11-13-15-17-19-21-23-24-22-20-18-16-14-12-10-8-6-4-2/h3-4H,1-2H3;. The molecule has 0 bridgehead atoms. The number of aldehydes is 1. The third kappa shape index (κ3) is 40.4. The molecule has 0 amide bonds. The van der Waals surface area contributed by atoms with Crippen LogP contribution in [0.1, 0.15) is 13.8 Å². The molecule has 0 fully saturated rings. The number of carbonyl (C=O) groups excluding carboxylic acids is 1. The lowest BCUT2D eigenvalue weighted by Crippen LogP contribution is -1.82. The Labute approximate surface area is 242 Å². The van der Waals surface area contributed by atoms with Crippen molar-refractivity contribution in [2.75, 3.05) is 0 Å². The zero-order valence-corrected chi connectivity index (χ0v) is 33.0. The summed E-state index contributed by atoms with van der Waals surface area (Å²) in [7, 11) is 38.1. The molecule has 0 N–H and O–H groups in total. The van der Waals surface area contributed by atoms with Crippen molar-refractivity contribution in [2.45, 2.75) is 13.8 Å². The number of rotatable bonds is 1. The number of hydrogen-bond acceptors (Lipinski definition) is 3. The summed E-state index contributed by atoms with van der Waals surface area (Å²) in [6.07, 6.45) is 0.917. The van der Waals surface area contributed by atoms with Gasteiger partial charge < -0.3 is 4.79 Å². The molecule has 0 aromatic rings. The summed E-state index contributed by atoms with van der Waals surface area (Å²) in [4.78, 5) is 9.50. The van der Waals surface area contributed by atoms with Crippen LogP contribution >= 0.6 is 0 Å². The Kier molecular flexibility index (Phi) is 43.7. The summed E-state index contributed by atoms with van der Waals surface area (Å²) in [5, 5.41) is 0. The molecule has 0 aromatic carbocycles. The van der Waals surface area contributed by atoms with E-state index in [1.54, 1.807) is 142 Å². The van der Waals surface area contributed by atoms with Gasteiger partial charge in [0.05, 0.1) is 0 Å². The fraction of sp³-hybridized carbons (Fsp3) is 0.750. The van der Waals surface area contributed by atoms with Gasteiger partial charge in [0, 0.05) is 224 Å².